The molecular weight excluding hydrogens is 305 g/mol. The first-order valence-corrected chi connectivity index (χ1v) is 8.20. The SMILES string of the molecule is Cc1ccc2c(c1)C1(C=N2)CN[C@@H](CCOc2ccc(F)cc2)N1. The summed E-state index contributed by atoms with van der Waals surface area (Å²) >= 11 is 0. The Morgan fingerprint density at radius 2 is 2.08 bits per heavy atom. The van der Waals surface area contributed by atoms with Gasteiger partial charge in [-0.3, -0.25) is 15.6 Å². The molecule has 2 heterocycles. The van der Waals surface area contributed by atoms with Crippen molar-refractivity contribution in [2.24, 2.45) is 4.99 Å². The quantitative estimate of drug-likeness (QED) is 0.908. The number of rotatable bonds is 4. The van der Waals surface area contributed by atoms with E-state index in [1.165, 1.54) is 23.3 Å². The number of ether oxygens (including phenoxy) is 1. The average Bonchev–Trinajstić information content (AvgIpc) is 3.15. The van der Waals surface area contributed by atoms with Crippen LogP contribution in [0.1, 0.15) is 17.5 Å². The summed E-state index contributed by atoms with van der Waals surface area (Å²) in [4.78, 5) is 4.55. The first kappa shape index (κ1) is 15.3. The molecule has 2 aromatic rings. The molecule has 2 aromatic carbocycles. The van der Waals surface area contributed by atoms with Crippen LogP contribution in [0.3, 0.4) is 0 Å². The van der Waals surface area contributed by atoms with Crippen LogP contribution >= 0.6 is 0 Å². The van der Waals surface area contributed by atoms with E-state index in [-0.39, 0.29) is 17.5 Å². The standard InChI is InChI=1S/C19H20FN3O/c1-13-2-7-17-16(10-13)19(11-21-17)12-22-18(23-19)8-9-24-15-5-3-14(20)4-6-15/h2-7,10-11,18,22-23H,8-9,12H2,1H3/t18-,19?/m1/s1. The summed E-state index contributed by atoms with van der Waals surface area (Å²) in [6, 6.07) is 12.5. The van der Waals surface area contributed by atoms with Crippen LogP contribution in [0.5, 0.6) is 5.75 Å². The monoisotopic (exact) mass is 325 g/mol. The van der Waals surface area contributed by atoms with E-state index < -0.39 is 0 Å². The molecule has 0 saturated carbocycles. The average molecular weight is 325 g/mol. The molecule has 4 nitrogen and oxygen atoms in total. The minimum Gasteiger partial charge on any atom is -0.493 e. The highest BCUT2D eigenvalue weighted by molar-refractivity contribution is 5.85. The third-order valence-electron chi connectivity index (χ3n) is 4.60. The highest BCUT2D eigenvalue weighted by atomic mass is 19.1. The molecule has 0 radical (unpaired) electrons. The number of nitrogens with zero attached hydrogens (tertiary/aromatic N) is 1. The predicted molar refractivity (Wildman–Crippen MR) is 92.4 cm³/mol. The van der Waals surface area contributed by atoms with Gasteiger partial charge >= 0.3 is 0 Å². The van der Waals surface area contributed by atoms with Gasteiger partial charge in [0.2, 0.25) is 0 Å². The second-order valence-electron chi connectivity index (χ2n) is 6.42. The minimum absolute atomic E-state index is 0.156. The van der Waals surface area contributed by atoms with Gasteiger partial charge in [-0.05, 0) is 37.3 Å². The molecule has 124 valence electrons. The molecule has 2 aliphatic rings. The van der Waals surface area contributed by atoms with Crippen molar-refractivity contribution in [3.8, 4) is 5.75 Å². The van der Waals surface area contributed by atoms with Crippen molar-refractivity contribution >= 4 is 11.9 Å². The summed E-state index contributed by atoms with van der Waals surface area (Å²) in [5.74, 6) is 0.436. The van der Waals surface area contributed by atoms with E-state index in [0.29, 0.717) is 12.4 Å². The van der Waals surface area contributed by atoms with Gasteiger partial charge in [-0.2, -0.15) is 0 Å². The zero-order valence-corrected chi connectivity index (χ0v) is 13.6. The number of hydrogen-bond acceptors (Lipinski definition) is 4. The lowest BCUT2D eigenvalue weighted by Gasteiger charge is -2.23. The molecule has 5 heteroatoms. The normalized spacial score (nSPS) is 24.5. The molecule has 1 spiro atoms. The Labute approximate surface area is 140 Å². The Bertz CT molecular complexity index is 775. The van der Waals surface area contributed by atoms with Gasteiger partial charge in [-0.15, -0.1) is 0 Å². The van der Waals surface area contributed by atoms with E-state index in [1.807, 2.05) is 6.21 Å². The maximum atomic E-state index is 12.9. The lowest BCUT2D eigenvalue weighted by atomic mass is 9.92. The predicted octanol–water partition coefficient (Wildman–Crippen LogP) is 3.03. The van der Waals surface area contributed by atoms with Crippen LogP contribution in [0.25, 0.3) is 0 Å². The Morgan fingerprint density at radius 3 is 2.92 bits per heavy atom. The van der Waals surface area contributed by atoms with Crippen LogP contribution in [0.4, 0.5) is 10.1 Å². The topological polar surface area (TPSA) is 45.7 Å². The van der Waals surface area contributed by atoms with Crippen molar-refractivity contribution in [3.63, 3.8) is 0 Å². The number of nitrogens with one attached hydrogen (secondary N) is 2. The van der Waals surface area contributed by atoms with Crippen molar-refractivity contribution in [1.29, 1.82) is 0 Å². The van der Waals surface area contributed by atoms with E-state index >= 15 is 0 Å². The zero-order chi connectivity index (χ0) is 16.6. The maximum absolute atomic E-state index is 12.9. The maximum Gasteiger partial charge on any atom is 0.123 e. The van der Waals surface area contributed by atoms with Crippen LogP contribution < -0.4 is 15.4 Å². The highest BCUT2D eigenvalue weighted by Crippen LogP contribution is 2.37. The lowest BCUT2D eigenvalue weighted by Crippen LogP contribution is -2.42. The number of hydrogen-bond donors (Lipinski definition) is 2. The summed E-state index contributed by atoms with van der Waals surface area (Å²) < 4.78 is 18.6. The third kappa shape index (κ3) is 2.81. The van der Waals surface area contributed by atoms with Gasteiger partial charge in [-0.1, -0.05) is 17.7 Å². The molecular formula is C19H20FN3O. The molecule has 4 rings (SSSR count). The molecule has 0 aromatic heterocycles. The van der Waals surface area contributed by atoms with Crippen molar-refractivity contribution in [3.05, 3.63) is 59.4 Å². The molecule has 2 atom stereocenters. The van der Waals surface area contributed by atoms with Gasteiger partial charge in [0.15, 0.2) is 0 Å². The van der Waals surface area contributed by atoms with Gasteiger partial charge in [-0.25, -0.2) is 4.39 Å². The van der Waals surface area contributed by atoms with Gasteiger partial charge in [0.1, 0.15) is 11.6 Å². The van der Waals surface area contributed by atoms with Gasteiger partial charge in [0.05, 0.1) is 24.0 Å². The van der Waals surface area contributed by atoms with Crippen molar-refractivity contribution < 1.29 is 9.13 Å². The van der Waals surface area contributed by atoms with E-state index in [1.54, 1.807) is 12.1 Å². The Kier molecular flexibility index (Phi) is 3.82. The number of aliphatic imine (C=N–C) groups is 1. The molecule has 0 aliphatic carbocycles. The van der Waals surface area contributed by atoms with Gasteiger partial charge < -0.3 is 4.74 Å². The Balaban J connectivity index is 1.37. The number of halogens is 1. The summed E-state index contributed by atoms with van der Waals surface area (Å²) in [5.41, 5.74) is 3.29. The second kappa shape index (κ2) is 6.00. The summed E-state index contributed by atoms with van der Waals surface area (Å²) in [7, 11) is 0. The molecule has 0 bridgehead atoms. The molecule has 1 unspecified atom stereocenters. The highest BCUT2D eigenvalue weighted by Gasteiger charge is 2.42. The van der Waals surface area contributed by atoms with E-state index in [9.17, 15) is 4.39 Å². The number of fused-ring (bicyclic) bond motifs is 2. The Hall–Kier alpha value is -2.24. The van der Waals surface area contributed by atoms with E-state index in [0.717, 1.165) is 18.7 Å². The molecule has 2 aliphatic heterocycles. The van der Waals surface area contributed by atoms with Gasteiger partial charge in [0.25, 0.3) is 0 Å². The third-order valence-corrected chi connectivity index (χ3v) is 4.60. The van der Waals surface area contributed by atoms with Gasteiger partial charge in [0, 0.05) is 24.7 Å². The van der Waals surface area contributed by atoms with Crippen LogP contribution in [-0.4, -0.2) is 25.5 Å². The summed E-state index contributed by atoms with van der Waals surface area (Å²) in [6.45, 7) is 3.47. The lowest BCUT2D eigenvalue weighted by molar-refractivity contribution is 0.282. The van der Waals surface area contributed by atoms with Crippen molar-refractivity contribution in [2.75, 3.05) is 13.2 Å². The fourth-order valence-electron chi connectivity index (χ4n) is 3.32. The van der Waals surface area contributed by atoms with Crippen molar-refractivity contribution in [1.82, 2.24) is 10.6 Å². The fourth-order valence-corrected chi connectivity index (χ4v) is 3.32. The smallest absolute Gasteiger partial charge is 0.123 e. The number of benzene rings is 2. The zero-order valence-electron chi connectivity index (χ0n) is 13.6. The van der Waals surface area contributed by atoms with Crippen LogP contribution in [0.2, 0.25) is 0 Å². The molecule has 2 N–H and O–H groups in total. The largest absolute Gasteiger partial charge is 0.493 e. The van der Waals surface area contributed by atoms with Crippen LogP contribution in [-0.2, 0) is 5.54 Å². The Morgan fingerprint density at radius 1 is 1.25 bits per heavy atom. The van der Waals surface area contributed by atoms with Crippen LogP contribution in [0.15, 0.2) is 47.5 Å². The first-order valence-electron chi connectivity index (χ1n) is 8.20. The second-order valence-corrected chi connectivity index (χ2v) is 6.42. The van der Waals surface area contributed by atoms with E-state index in [2.05, 4.69) is 40.7 Å². The molecule has 0 amide bonds. The first-order chi connectivity index (χ1) is 11.6. The molecule has 1 saturated heterocycles. The summed E-state index contributed by atoms with van der Waals surface area (Å²) in [5, 5.41) is 7.15. The van der Waals surface area contributed by atoms with Crippen molar-refractivity contribution in [2.45, 2.75) is 25.0 Å². The number of aryl methyl sites for hydroxylation is 1. The fraction of sp³-hybridized carbons (Fsp3) is 0.316. The van der Waals surface area contributed by atoms with Crippen LogP contribution in [0, 0.1) is 12.7 Å². The molecule has 1 fully saturated rings. The molecule has 24 heavy (non-hydrogen) atoms. The van der Waals surface area contributed by atoms with E-state index in [4.69, 9.17) is 4.74 Å². The minimum atomic E-state index is -0.252. The summed E-state index contributed by atoms with van der Waals surface area (Å²) in [6.07, 6.45) is 2.97.